The second kappa shape index (κ2) is 8.61. The van der Waals surface area contributed by atoms with Crippen molar-refractivity contribution in [2.75, 3.05) is 7.11 Å². The Balaban J connectivity index is 1.54. The molecule has 0 bridgehead atoms. The topological polar surface area (TPSA) is 76.7 Å². The first-order valence-electron chi connectivity index (χ1n) is 11.8. The molecule has 7 heteroatoms. The van der Waals surface area contributed by atoms with Crippen molar-refractivity contribution < 1.29 is 18.7 Å². The van der Waals surface area contributed by atoms with E-state index in [0.717, 1.165) is 42.3 Å². The van der Waals surface area contributed by atoms with E-state index in [0.29, 0.717) is 18.0 Å². The van der Waals surface area contributed by atoms with Crippen molar-refractivity contribution in [2.45, 2.75) is 70.1 Å². The molecule has 7 nitrogen and oxygen atoms in total. The van der Waals surface area contributed by atoms with Gasteiger partial charge < -0.3 is 23.9 Å². The molecule has 0 saturated heterocycles. The molecule has 33 heavy (non-hydrogen) atoms. The van der Waals surface area contributed by atoms with E-state index in [1.807, 2.05) is 41.8 Å². The number of aromatic nitrogens is 1. The highest BCUT2D eigenvalue weighted by Crippen LogP contribution is 2.35. The van der Waals surface area contributed by atoms with Gasteiger partial charge in [-0.25, -0.2) is 0 Å². The van der Waals surface area contributed by atoms with Crippen LogP contribution in [0.5, 0.6) is 5.75 Å². The molecule has 1 fully saturated rings. The van der Waals surface area contributed by atoms with Crippen LogP contribution in [0, 0.1) is 0 Å². The molecule has 1 aliphatic heterocycles. The number of ether oxygens (including phenoxy) is 1. The first kappa shape index (κ1) is 21.6. The van der Waals surface area contributed by atoms with Gasteiger partial charge in [0.25, 0.3) is 5.91 Å². The summed E-state index contributed by atoms with van der Waals surface area (Å²) in [6, 6.07) is 11.5. The van der Waals surface area contributed by atoms with Crippen molar-refractivity contribution >= 4 is 22.7 Å². The van der Waals surface area contributed by atoms with Gasteiger partial charge in [0.2, 0.25) is 5.91 Å². The minimum Gasteiger partial charge on any atom is -0.497 e. The number of carbonyl (C=O) groups is 2. The quantitative estimate of drug-likeness (QED) is 0.582. The highest BCUT2D eigenvalue weighted by Gasteiger charge is 2.48. The number of fused-ring (bicyclic) bond motifs is 3. The molecule has 0 spiro atoms. The Bertz CT molecular complexity index is 1160. The Kier molecular flexibility index (Phi) is 5.64. The summed E-state index contributed by atoms with van der Waals surface area (Å²) in [4.78, 5) is 29.3. The standard InChI is InChI=1S/C26H31N3O4/c1-26(25(31)27-19-8-5-3-4-6-9-19)17-28-22-15-20(32-2)12-11-18(22)14-23(28)24(30)29(26)16-21-10-7-13-33-21/h7,10-15,19H,3-6,8-9,16-17H2,1-2H3,(H,27,31). The molecule has 1 saturated carbocycles. The Labute approximate surface area is 193 Å². The predicted molar refractivity (Wildman–Crippen MR) is 125 cm³/mol. The van der Waals surface area contributed by atoms with Gasteiger partial charge in [0, 0.05) is 17.5 Å². The zero-order chi connectivity index (χ0) is 23.0. The Morgan fingerprint density at radius 3 is 2.67 bits per heavy atom. The van der Waals surface area contributed by atoms with Crippen LogP contribution in [0.3, 0.4) is 0 Å². The average molecular weight is 450 g/mol. The third-order valence-electron chi connectivity index (χ3n) is 7.21. The first-order chi connectivity index (χ1) is 16.0. The molecular formula is C26H31N3O4. The van der Waals surface area contributed by atoms with Gasteiger partial charge in [-0.1, -0.05) is 25.7 Å². The molecule has 0 radical (unpaired) electrons. The summed E-state index contributed by atoms with van der Waals surface area (Å²) in [6.45, 7) is 2.48. The smallest absolute Gasteiger partial charge is 0.271 e. The molecule has 1 atom stereocenters. The van der Waals surface area contributed by atoms with Gasteiger partial charge in [0.05, 0.1) is 32.0 Å². The number of benzene rings is 1. The van der Waals surface area contributed by atoms with Gasteiger partial charge in [-0.2, -0.15) is 0 Å². The lowest BCUT2D eigenvalue weighted by Crippen LogP contribution is -2.64. The number of nitrogens with zero attached hydrogens (tertiary/aromatic N) is 2. The van der Waals surface area contributed by atoms with Crippen molar-refractivity contribution in [1.29, 1.82) is 0 Å². The van der Waals surface area contributed by atoms with Crippen molar-refractivity contribution in [2.24, 2.45) is 0 Å². The molecular weight excluding hydrogens is 418 g/mol. The van der Waals surface area contributed by atoms with Crippen LogP contribution in [-0.4, -0.2) is 40.0 Å². The van der Waals surface area contributed by atoms with E-state index >= 15 is 0 Å². The maximum absolute atomic E-state index is 13.8. The van der Waals surface area contributed by atoms with Crippen LogP contribution >= 0.6 is 0 Å². The van der Waals surface area contributed by atoms with E-state index in [4.69, 9.17) is 9.15 Å². The number of furan rings is 1. The zero-order valence-electron chi connectivity index (χ0n) is 19.3. The minimum atomic E-state index is -1.06. The summed E-state index contributed by atoms with van der Waals surface area (Å²) in [5, 5.41) is 4.24. The van der Waals surface area contributed by atoms with E-state index < -0.39 is 5.54 Å². The predicted octanol–water partition coefficient (Wildman–Crippen LogP) is 4.50. The fourth-order valence-corrected chi connectivity index (χ4v) is 5.23. The number of methoxy groups -OCH3 is 1. The summed E-state index contributed by atoms with van der Waals surface area (Å²) in [5.74, 6) is 1.09. The first-order valence-corrected chi connectivity index (χ1v) is 11.8. The molecule has 1 aromatic carbocycles. The molecule has 3 aromatic rings. The molecule has 1 unspecified atom stereocenters. The van der Waals surface area contributed by atoms with Crippen LogP contribution in [0.15, 0.2) is 47.1 Å². The van der Waals surface area contributed by atoms with Crippen LogP contribution in [0.1, 0.15) is 61.7 Å². The lowest BCUT2D eigenvalue weighted by Gasteiger charge is -2.44. The summed E-state index contributed by atoms with van der Waals surface area (Å²) >= 11 is 0. The molecule has 174 valence electrons. The molecule has 5 rings (SSSR count). The van der Waals surface area contributed by atoms with Gasteiger partial charge in [0.1, 0.15) is 22.7 Å². The fourth-order valence-electron chi connectivity index (χ4n) is 5.23. The average Bonchev–Trinajstić information content (AvgIpc) is 3.38. The van der Waals surface area contributed by atoms with E-state index in [2.05, 4.69) is 5.32 Å². The molecule has 1 N–H and O–H groups in total. The highest BCUT2D eigenvalue weighted by atomic mass is 16.5. The zero-order valence-corrected chi connectivity index (χ0v) is 19.3. The molecule has 2 amide bonds. The van der Waals surface area contributed by atoms with Crippen molar-refractivity contribution in [1.82, 2.24) is 14.8 Å². The van der Waals surface area contributed by atoms with Crippen LogP contribution in [-0.2, 0) is 17.9 Å². The lowest BCUT2D eigenvalue weighted by atomic mass is 9.93. The third kappa shape index (κ3) is 3.90. The summed E-state index contributed by atoms with van der Waals surface area (Å²) in [6.07, 6.45) is 8.26. The molecule has 3 heterocycles. The van der Waals surface area contributed by atoms with Crippen molar-refractivity contribution in [3.63, 3.8) is 0 Å². The third-order valence-corrected chi connectivity index (χ3v) is 7.21. The largest absolute Gasteiger partial charge is 0.497 e. The molecule has 2 aliphatic rings. The summed E-state index contributed by atoms with van der Waals surface area (Å²) < 4.78 is 12.9. The molecule has 2 aromatic heterocycles. The fraction of sp³-hybridized carbons (Fsp3) is 0.462. The SMILES string of the molecule is COc1ccc2cc3n(c2c1)CC(C)(C(=O)NC1CCCCCC1)N(Cc1ccco1)C3=O. The Morgan fingerprint density at radius 1 is 1.18 bits per heavy atom. The number of hydrogen-bond acceptors (Lipinski definition) is 4. The summed E-state index contributed by atoms with van der Waals surface area (Å²) in [7, 11) is 1.63. The maximum atomic E-state index is 13.8. The van der Waals surface area contributed by atoms with Gasteiger partial charge in [-0.3, -0.25) is 9.59 Å². The maximum Gasteiger partial charge on any atom is 0.271 e. The Morgan fingerprint density at radius 2 is 1.97 bits per heavy atom. The second-order valence-electron chi connectivity index (χ2n) is 9.45. The van der Waals surface area contributed by atoms with Crippen molar-refractivity contribution in [3.05, 3.63) is 54.1 Å². The van der Waals surface area contributed by atoms with Gasteiger partial charge in [0.15, 0.2) is 0 Å². The lowest BCUT2D eigenvalue weighted by molar-refractivity contribution is -0.134. The van der Waals surface area contributed by atoms with Crippen LogP contribution in [0.25, 0.3) is 10.9 Å². The van der Waals surface area contributed by atoms with E-state index in [1.165, 1.54) is 12.8 Å². The van der Waals surface area contributed by atoms with Crippen molar-refractivity contribution in [3.8, 4) is 5.75 Å². The van der Waals surface area contributed by atoms with E-state index in [-0.39, 0.29) is 24.4 Å². The van der Waals surface area contributed by atoms with E-state index in [1.54, 1.807) is 24.3 Å². The number of hydrogen-bond donors (Lipinski definition) is 1. The Hall–Kier alpha value is -3.22. The van der Waals surface area contributed by atoms with Gasteiger partial charge >= 0.3 is 0 Å². The number of carbonyl (C=O) groups excluding carboxylic acids is 2. The van der Waals surface area contributed by atoms with Crippen LogP contribution in [0.2, 0.25) is 0 Å². The van der Waals surface area contributed by atoms with E-state index in [9.17, 15) is 9.59 Å². The molecule has 1 aliphatic carbocycles. The van der Waals surface area contributed by atoms with Crippen LogP contribution < -0.4 is 10.1 Å². The van der Waals surface area contributed by atoms with Gasteiger partial charge in [-0.05, 0) is 50.1 Å². The normalized spacial score (nSPS) is 21.6. The number of rotatable bonds is 5. The van der Waals surface area contributed by atoms with Gasteiger partial charge in [-0.15, -0.1) is 0 Å². The highest BCUT2D eigenvalue weighted by molar-refractivity contribution is 6.03. The number of amides is 2. The second-order valence-corrected chi connectivity index (χ2v) is 9.45. The minimum absolute atomic E-state index is 0.107. The monoisotopic (exact) mass is 449 g/mol. The van der Waals surface area contributed by atoms with Crippen LogP contribution in [0.4, 0.5) is 0 Å². The summed E-state index contributed by atoms with van der Waals surface area (Å²) in [5.41, 5.74) is 0.409. The number of nitrogens with one attached hydrogen (secondary N) is 1.